The number of fused-ring (bicyclic) bond motifs is 2. The molecule has 4 unspecified atom stereocenters. The predicted octanol–water partition coefficient (Wildman–Crippen LogP) is 3.85. The van der Waals surface area contributed by atoms with E-state index in [1.807, 2.05) is 31.2 Å². The molecule has 2 bridgehead atoms. The highest BCUT2D eigenvalue weighted by molar-refractivity contribution is 7.09. The van der Waals surface area contributed by atoms with Gasteiger partial charge < -0.3 is 11.1 Å². The molecule has 0 saturated heterocycles. The number of nitrogens with one attached hydrogen (secondary N) is 1. The van der Waals surface area contributed by atoms with Gasteiger partial charge >= 0.3 is 0 Å². The third-order valence-electron chi connectivity index (χ3n) is 5.35. The van der Waals surface area contributed by atoms with Crippen molar-refractivity contribution in [2.45, 2.75) is 32.2 Å². The monoisotopic (exact) mass is 363 g/mol. The van der Waals surface area contributed by atoms with E-state index in [1.54, 1.807) is 11.3 Å². The van der Waals surface area contributed by atoms with Gasteiger partial charge in [-0.25, -0.2) is 4.98 Å². The minimum Gasteiger partial charge on any atom is -0.327 e. The van der Waals surface area contributed by atoms with Gasteiger partial charge in [0, 0.05) is 22.7 Å². The van der Waals surface area contributed by atoms with Crippen LogP contribution in [0.15, 0.2) is 29.6 Å². The number of nitrogens with two attached hydrogens (primary N) is 1. The van der Waals surface area contributed by atoms with E-state index in [0.717, 1.165) is 34.8 Å². The van der Waals surface area contributed by atoms with Gasteiger partial charge in [-0.1, -0.05) is 12.1 Å². The fourth-order valence-electron chi connectivity index (χ4n) is 4.17. The fraction of sp³-hybridized carbons (Fsp3) is 0.444. The van der Waals surface area contributed by atoms with Crippen molar-refractivity contribution in [1.82, 2.24) is 4.98 Å². The molecule has 128 valence electrons. The number of aryl methyl sites for hydroxylation is 1. The van der Waals surface area contributed by atoms with E-state index in [4.69, 9.17) is 5.73 Å². The summed E-state index contributed by atoms with van der Waals surface area (Å²) in [5, 5.41) is 6.16. The first-order valence-corrected chi connectivity index (χ1v) is 9.09. The van der Waals surface area contributed by atoms with Gasteiger partial charge in [0.25, 0.3) is 0 Å². The Labute approximate surface area is 152 Å². The van der Waals surface area contributed by atoms with Gasteiger partial charge in [0.15, 0.2) is 0 Å². The summed E-state index contributed by atoms with van der Waals surface area (Å²) in [7, 11) is 0. The number of nitrogens with zero attached hydrogens (tertiary/aromatic N) is 1. The maximum atomic E-state index is 12.6. The number of halogens is 1. The Morgan fingerprint density at radius 1 is 1.25 bits per heavy atom. The molecule has 4 atom stereocenters. The van der Waals surface area contributed by atoms with Crippen molar-refractivity contribution in [2.75, 3.05) is 5.32 Å². The number of thiazole rings is 1. The van der Waals surface area contributed by atoms with Crippen molar-refractivity contribution in [3.8, 4) is 11.3 Å². The Balaban J connectivity index is 0.00000169. The van der Waals surface area contributed by atoms with E-state index in [1.165, 1.54) is 6.42 Å². The third-order valence-corrected chi connectivity index (χ3v) is 6.12. The van der Waals surface area contributed by atoms with Crippen molar-refractivity contribution < 1.29 is 4.79 Å². The molecule has 0 spiro atoms. The van der Waals surface area contributed by atoms with Crippen LogP contribution in [0.4, 0.5) is 5.69 Å². The number of anilines is 1. The van der Waals surface area contributed by atoms with Gasteiger partial charge in [-0.3, -0.25) is 4.79 Å². The van der Waals surface area contributed by atoms with Crippen LogP contribution in [0.5, 0.6) is 0 Å². The van der Waals surface area contributed by atoms with E-state index >= 15 is 0 Å². The quantitative estimate of drug-likeness (QED) is 0.870. The van der Waals surface area contributed by atoms with Crippen LogP contribution in [0, 0.1) is 24.7 Å². The second-order valence-corrected chi connectivity index (χ2v) is 7.82. The molecule has 6 heteroatoms. The summed E-state index contributed by atoms with van der Waals surface area (Å²) in [5.41, 5.74) is 9.15. The molecule has 1 amide bonds. The minimum absolute atomic E-state index is 0. The van der Waals surface area contributed by atoms with Gasteiger partial charge in [0.2, 0.25) is 5.91 Å². The van der Waals surface area contributed by atoms with Crippen LogP contribution in [0.3, 0.4) is 0 Å². The predicted molar refractivity (Wildman–Crippen MR) is 100 cm³/mol. The van der Waals surface area contributed by atoms with Gasteiger partial charge in [0.05, 0.1) is 16.6 Å². The van der Waals surface area contributed by atoms with Crippen LogP contribution < -0.4 is 11.1 Å². The summed E-state index contributed by atoms with van der Waals surface area (Å²) < 4.78 is 0. The second-order valence-electron chi connectivity index (χ2n) is 6.75. The topological polar surface area (TPSA) is 68.0 Å². The fourth-order valence-corrected chi connectivity index (χ4v) is 4.79. The second kappa shape index (κ2) is 6.82. The van der Waals surface area contributed by atoms with Crippen LogP contribution in [-0.2, 0) is 4.79 Å². The van der Waals surface area contributed by atoms with Crippen molar-refractivity contribution in [3.63, 3.8) is 0 Å². The molecule has 1 heterocycles. The number of carbonyl (C=O) groups is 1. The summed E-state index contributed by atoms with van der Waals surface area (Å²) in [4.78, 5) is 17.1. The number of aromatic nitrogens is 1. The first kappa shape index (κ1) is 17.4. The average Bonchev–Trinajstić information content (AvgIpc) is 3.24. The zero-order valence-electron chi connectivity index (χ0n) is 13.6. The highest BCUT2D eigenvalue weighted by atomic mass is 35.5. The highest BCUT2D eigenvalue weighted by Gasteiger charge is 2.49. The van der Waals surface area contributed by atoms with Crippen LogP contribution in [0.1, 0.15) is 24.3 Å². The van der Waals surface area contributed by atoms with E-state index in [-0.39, 0.29) is 30.3 Å². The minimum atomic E-state index is -0.0189. The Morgan fingerprint density at radius 2 is 1.96 bits per heavy atom. The van der Waals surface area contributed by atoms with Gasteiger partial charge in [-0.2, -0.15) is 0 Å². The van der Waals surface area contributed by atoms with Crippen LogP contribution in [0.25, 0.3) is 11.3 Å². The largest absolute Gasteiger partial charge is 0.327 e. The molecular formula is C18H22ClN3OS. The zero-order chi connectivity index (χ0) is 16.0. The maximum absolute atomic E-state index is 12.6. The lowest BCUT2D eigenvalue weighted by molar-refractivity contribution is -0.121. The van der Waals surface area contributed by atoms with E-state index in [0.29, 0.717) is 11.8 Å². The van der Waals surface area contributed by atoms with Gasteiger partial charge in [-0.15, -0.1) is 23.7 Å². The molecule has 24 heavy (non-hydrogen) atoms. The molecule has 2 aliphatic rings. The highest BCUT2D eigenvalue weighted by Crippen LogP contribution is 2.47. The summed E-state index contributed by atoms with van der Waals surface area (Å²) >= 11 is 1.64. The molecule has 0 aliphatic heterocycles. The van der Waals surface area contributed by atoms with E-state index in [9.17, 15) is 4.79 Å². The average molecular weight is 364 g/mol. The Hall–Kier alpha value is -1.43. The summed E-state index contributed by atoms with van der Waals surface area (Å²) in [5.74, 6) is 1.09. The number of carbonyl (C=O) groups excluding carboxylic acids is 1. The molecule has 0 radical (unpaired) electrons. The molecule has 2 fully saturated rings. The van der Waals surface area contributed by atoms with Crippen molar-refractivity contribution in [3.05, 3.63) is 34.7 Å². The van der Waals surface area contributed by atoms with Crippen molar-refractivity contribution in [2.24, 2.45) is 23.5 Å². The molecule has 1 aromatic heterocycles. The summed E-state index contributed by atoms with van der Waals surface area (Å²) in [6.45, 7) is 2.00. The molecule has 2 saturated carbocycles. The molecular weight excluding hydrogens is 342 g/mol. The molecule has 4 nitrogen and oxygen atoms in total. The molecule has 1 aromatic carbocycles. The molecule has 3 N–H and O–H groups in total. The Bertz CT molecular complexity index is 728. The molecule has 4 rings (SSSR count). The Kier molecular flexibility index (Phi) is 4.95. The first-order chi connectivity index (χ1) is 11.1. The smallest absolute Gasteiger partial charge is 0.229 e. The lowest BCUT2D eigenvalue weighted by Gasteiger charge is -2.27. The maximum Gasteiger partial charge on any atom is 0.229 e. The lowest BCUT2D eigenvalue weighted by Crippen LogP contribution is -2.42. The van der Waals surface area contributed by atoms with Crippen molar-refractivity contribution >= 4 is 35.3 Å². The molecule has 2 aromatic rings. The number of hydrogen-bond acceptors (Lipinski definition) is 4. The van der Waals surface area contributed by atoms with Crippen LogP contribution >= 0.6 is 23.7 Å². The standard InChI is InChI=1S/C18H21N3OS.ClH/c1-10-20-15(9-23-10)11-4-6-14(7-5-11)21-18(22)16-12-2-3-13(8-12)17(16)19;/h4-7,9,12-13,16-17H,2-3,8,19H2,1H3,(H,21,22);1H. The van der Waals surface area contributed by atoms with E-state index in [2.05, 4.69) is 15.7 Å². The number of rotatable bonds is 3. The normalized spacial score (nSPS) is 27.8. The summed E-state index contributed by atoms with van der Waals surface area (Å²) in [6, 6.07) is 7.93. The number of benzene rings is 1. The molecule has 2 aliphatic carbocycles. The van der Waals surface area contributed by atoms with E-state index < -0.39 is 0 Å². The van der Waals surface area contributed by atoms with Gasteiger partial charge in [0.1, 0.15) is 0 Å². The summed E-state index contributed by atoms with van der Waals surface area (Å²) in [6.07, 6.45) is 3.47. The van der Waals surface area contributed by atoms with Gasteiger partial charge in [-0.05, 0) is 50.2 Å². The number of amides is 1. The lowest BCUT2D eigenvalue weighted by atomic mass is 9.84. The Morgan fingerprint density at radius 3 is 2.54 bits per heavy atom. The van der Waals surface area contributed by atoms with Crippen molar-refractivity contribution in [1.29, 1.82) is 0 Å². The first-order valence-electron chi connectivity index (χ1n) is 8.21. The zero-order valence-corrected chi connectivity index (χ0v) is 15.2. The van der Waals surface area contributed by atoms with Crippen LogP contribution in [0.2, 0.25) is 0 Å². The third kappa shape index (κ3) is 3.08. The number of hydrogen-bond donors (Lipinski definition) is 2. The SMILES string of the molecule is Cc1nc(-c2ccc(NC(=O)C3C4CCC(C4)C3N)cc2)cs1.Cl. The van der Waals surface area contributed by atoms with Crippen LogP contribution in [-0.4, -0.2) is 16.9 Å².